The normalized spacial score (nSPS) is 16.6. The Kier molecular flexibility index (Phi) is 6.83. The molecule has 1 heterocycles. The Hall–Kier alpha value is -1.26. The number of ether oxygens (including phenoxy) is 3. The van der Waals surface area contributed by atoms with E-state index in [2.05, 4.69) is 25.2 Å². The minimum absolute atomic E-state index is 0.311. The fourth-order valence-corrected chi connectivity index (χ4v) is 2.33. The minimum Gasteiger partial charge on any atom is -0.491 e. The molecule has 1 aromatic carbocycles. The van der Waals surface area contributed by atoms with Gasteiger partial charge in [0.05, 0.1) is 12.6 Å². The standard InChI is InChI=1S/C17H27NO3/c1-3-5-9-19-10-11-20-14-6-7-15-16(18-8-4-2)13-21-17(15)12-14/h6-7,12,16,18H,3-5,8-11,13H2,1-2H3. The van der Waals surface area contributed by atoms with Crippen LogP contribution in [-0.4, -0.2) is 33.0 Å². The van der Waals surface area contributed by atoms with Gasteiger partial charge in [-0.25, -0.2) is 0 Å². The fraction of sp³-hybridized carbons (Fsp3) is 0.647. The first-order valence-corrected chi connectivity index (χ1v) is 8.05. The van der Waals surface area contributed by atoms with E-state index >= 15 is 0 Å². The van der Waals surface area contributed by atoms with E-state index in [1.54, 1.807) is 0 Å². The molecule has 0 spiro atoms. The molecule has 2 rings (SSSR count). The summed E-state index contributed by atoms with van der Waals surface area (Å²) in [6.07, 6.45) is 3.40. The summed E-state index contributed by atoms with van der Waals surface area (Å²) in [5.74, 6) is 1.79. The van der Waals surface area contributed by atoms with Gasteiger partial charge in [0.1, 0.15) is 24.7 Å². The van der Waals surface area contributed by atoms with Crippen LogP contribution in [-0.2, 0) is 4.74 Å². The van der Waals surface area contributed by atoms with Crippen LogP contribution in [0.1, 0.15) is 44.7 Å². The predicted molar refractivity (Wildman–Crippen MR) is 84.2 cm³/mol. The molecule has 0 radical (unpaired) electrons. The first-order valence-electron chi connectivity index (χ1n) is 8.05. The molecular formula is C17H27NO3. The number of hydrogen-bond donors (Lipinski definition) is 1. The molecule has 0 saturated carbocycles. The molecule has 0 bridgehead atoms. The van der Waals surface area contributed by atoms with E-state index in [4.69, 9.17) is 14.2 Å². The highest BCUT2D eigenvalue weighted by molar-refractivity contribution is 5.45. The molecule has 21 heavy (non-hydrogen) atoms. The molecule has 1 atom stereocenters. The Morgan fingerprint density at radius 2 is 2.10 bits per heavy atom. The van der Waals surface area contributed by atoms with Crippen molar-refractivity contribution in [1.82, 2.24) is 5.32 Å². The largest absolute Gasteiger partial charge is 0.491 e. The quantitative estimate of drug-likeness (QED) is 0.672. The SMILES string of the molecule is CCCCOCCOc1ccc2c(c1)OCC2NCCC. The summed E-state index contributed by atoms with van der Waals surface area (Å²) in [4.78, 5) is 0. The molecule has 1 unspecified atom stereocenters. The van der Waals surface area contributed by atoms with E-state index in [9.17, 15) is 0 Å². The van der Waals surface area contributed by atoms with Crippen molar-refractivity contribution in [1.29, 1.82) is 0 Å². The molecule has 1 aliphatic rings. The summed E-state index contributed by atoms with van der Waals surface area (Å²) in [6.45, 7) is 8.09. The van der Waals surface area contributed by atoms with Crippen molar-refractivity contribution < 1.29 is 14.2 Å². The van der Waals surface area contributed by atoms with Crippen LogP contribution in [0.4, 0.5) is 0 Å². The second-order valence-corrected chi connectivity index (χ2v) is 5.33. The van der Waals surface area contributed by atoms with E-state index < -0.39 is 0 Å². The smallest absolute Gasteiger partial charge is 0.127 e. The monoisotopic (exact) mass is 293 g/mol. The third-order valence-electron chi connectivity index (χ3n) is 3.55. The second kappa shape index (κ2) is 8.90. The van der Waals surface area contributed by atoms with Crippen LogP contribution in [0.3, 0.4) is 0 Å². The number of unbranched alkanes of at least 4 members (excludes halogenated alkanes) is 1. The molecule has 4 heteroatoms. The molecule has 1 aromatic rings. The number of benzene rings is 1. The average molecular weight is 293 g/mol. The van der Waals surface area contributed by atoms with Crippen molar-refractivity contribution in [2.24, 2.45) is 0 Å². The van der Waals surface area contributed by atoms with Gasteiger partial charge in [0.2, 0.25) is 0 Å². The summed E-state index contributed by atoms with van der Waals surface area (Å²) in [5.41, 5.74) is 1.23. The van der Waals surface area contributed by atoms with E-state index in [-0.39, 0.29) is 0 Å². The Balaban J connectivity index is 1.76. The molecular weight excluding hydrogens is 266 g/mol. The Morgan fingerprint density at radius 1 is 1.19 bits per heavy atom. The number of fused-ring (bicyclic) bond motifs is 1. The first-order chi connectivity index (χ1) is 10.3. The topological polar surface area (TPSA) is 39.7 Å². The van der Waals surface area contributed by atoms with Crippen molar-refractivity contribution in [2.75, 3.05) is 33.0 Å². The van der Waals surface area contributed by atoms with Crippen LogP contribution in [0.2, 0.25) is 0 Å². The maximum Gasteiger partial charge on any atom is 0.127 e. The summed E-state index contributed by atoms with van der Waals surface area (Å²) in [6, 6.07) is 6.41. The van der Waals surface area contributed by atoms with Crippen LogP contribution in [0.25, 0.3) is 0 Å². The van der Waals surface area contributed by atoms with Crippen LogP contribution >= 0.6 is 0 Å². The maximum absolute atomic E-state index is 5.73. The predicted octanol–water partition coefficient (Wildman–Crippen LogP) is 3.32. The average Bonchev–Trinajstić information content (AvgIpc) is 2.91. The summed E-state index contributed by atoms with van der Waals surface area (Å²) in [7, 11) is 0. The zero-order chi connectivity index (χ0) is 14.9. The summed E-state index contributed by atoms with van der Waals surface area (Å²) in [5, 5.41) is 3.49. The Labute approximate surface area is 127 Å². The third kappa shape index (κ3) is 4.90. The lowest BCUT2D eigenvalue weighted by Gasteiger charge is -2.11. The molecule has 1 aliphatic heterocycles. The van der Waals surface area contributed by atoms with Crippen LogP contribution < -0.4 is 14.8 Å². The fourth-order valence-electron chi connectivity index (χ4n) is 2.33. The number of rotatable bonds is 10. The van der Waals surface area contributed by atoms with Gasteiger partial charge < -0.3 is 19.5 Å². The van der Waals surface area contributed by atoms with Crippen molar-refractivity contribution >= 4 is 0 Å². The molecule has 0 aromatic heterocycles. The van der Waals surface area contributed by atoms with Crippen molar-refractivity contribution in [2.45, 2.75) is 39.2 Å². The van der Waals surface area contributed by atoms with Crippen LogP contribution in [0.5, 0.6) is 11.5 Å². The number of nitrogens with one attached hydrogen (secondary N) is 1. The van der Waals surface area contributed by atoms with Gasteiger partial charge in [-0.15, -0.1) is 0 Å². The summed E-state index contributed by atoms with van der Waals surface area (Å²) >= 11 is 0. The minimum atomic E-state index is 0.311. The lowest BCUT2D eigenvalue weighted by molar-refractivity contribution is 0.0980. The molecule has 0 saturated heterocycles. The first kappa shape index (κ1) is 16.1. The lowest BCUT2D eigenvalue weighted by Crippen LogP contribution is -2.22. The molecule has 4 nitrogen and oxygen atoms in total. The highest BCUT2D eigenvalue weighted by atomic mass is 16.5. The van der Waals surface area contributed by atoms with E-state index in [1.807, 2.05) is 12.1 Å². The molecule has 0 aliphatic carbocycles. The highest BCUT2D eigenvalue weighted by Gasteiger charge is 2.23. The van der Waals surface area contributed by atoms with Gasteiger partial charge in [0, 0.05) is 18.2 Å². The number of hydrogen-bond acceptors (Lipinski definition) is 4. The van der Waals surface area contributed by atoms with Gasteiger partial charge in [-0.1, -0.05) is 20.3 Å². The molecule has 0 fully saturated rings. The zero-order valence-corrected chi connectivity index (χ0v) is 13.2. The van der Waals surface area contributed by atoms with Gasteiger partial charge in [0.25, 0.3) is 0 Å². The molecule has 1 N–H and O–H groups in total. The van der Waals surface area contributed by atoms with Gasteiger partial charge >= 0.3 is 0 Å². The van der Waals surface area contributed by atoms with Crippen LogP contribution in [0.15, 0.2) is 18.2 Å². The van der Waals surface area contributed by atoms with Crippen LogP contribution in [0, 0.1) is 0 Å². The van der Waals surface area contributed by atoms with E-state index in [1.165, 1.54) is 5.56 Å². The van der Waals surface area contributed by atoms with Crippen molar-refractivity contribution in [3.05, 3.63) is 23.8 Å². The van der Waals surface area contributed by atoms with Gasteiger partial charge in [-0.3, -0.25) is 0 Å². The molecule has 0 amide bonds. The zero-order valence-electron chi connectivity index (χ0n) is 13.2. The van der Waals surface area contributed by atoms with Crippen molar-refractivity contribution in [3.63, 3.8) is 0 Å². The molecule has 118 valence electrons. The van der Waals surface area contributed by atoms with E-state index in [0.717, 1.165) is 43.9 Å². The lowest BCUT2D eigenvalue weighted by atomic mass is 10.1. The van der Waals surface area contributed by atoms with Gasteiger partial charge in [0.15, 0.2) is 0 Å². The van der Waals surface area contributed by atoms with Crippen molar-refractivity contribution in [3.8, 4) is 11.5 Å². The third-order valence-corrected chi connectivity index (χ3v) is 3.55. The van der Waals surface area contributed by atoms with Gasteiger partial charge in [-0.2, -0.15) is 0 Å². The Morgan fingerprint density at radius 3 is 2.90 bits per heavy atom. The highest BCUT2D eigenvalue weighted by Crippen LogP contribution is 2.35. The maximum atomic E-state index is 5.73. The van der Waals surface area contributed by atoms with E-state index in [0.29, 0.717) is 25.9 Å². The second-order valence-electron chi connectivity index (χ2n) is 5.33. The van der Waals surface area contributed by atoms with Gasteiger partial charge in [-0.05, 0) is 31.5 Å². The Bertz CT molecular complexity index is 422. The summed E-state index contributed by atoms with van der Waals surface area (Å²) < 4.78 is 16.9.